The maximum absolute atomic E-state index is 12.6. The van der Waals surface area contributed by atoms with Gasteiger partial charge in [-0.2, -0.15) is 0 Å². The van der Waals surface area contributed by atoms with E-state index in [4.69, 9.17) is 16.3 Å². The van der Waals surface area contributed by atoms with Gasteiger partial charge in [0.2, 0.25) is 0 Å². The molecule has 0 saturated carbocycles. The number of pyridine rings is 1. The van der Waals surface area contributed by atoms with E-state index in [0.29, 0.717) is 10.7 Å². The lowest BCUT2D eigenvalue weighted by atomic mass is 10.1. The van der Waals surface area contributed by atoms with Gasteiger partial charge < -0.3 is 9.64 Å². The van der Waals surface area contributed by atoms with E-state index in [1.165, 1.54) is 11.1 Å². The third-order valence-electron chi connectivity index (χ3n) is 4.79. The second-order valence-corrected chi connectivity index (χ2v) is 6.86. The third kappa shape index (κ3) is 3.62. The van der Waals surface area contributed by atoms with Crippen LogP contribution in [0.1, 0.15) is 21.5 Å². The van der Waals surface area contributed by atoms with Gasteiger partial charge in [0, 0.05) is 50.9 Å². The highest BCUT2D eigenvalue weighted by Crippen LogP contribution is 2.26. The quantitative estimate of drug-likeness (QED) is 0.792. The van der Waals surface area contributed by atoms with Gasteiger partial charge in [-0.3, -0.25) is 9.69 Å². The summed E-state index contributed by atoms with van der Waals surface area (Å²) < 4.78 is 5.56. The lowest BCUT2D eigenvalue weighted by molar-refractivity contribution is 0.0628. The molecule has 0 radical (unpaired) electrons. The maximum atomic E-state index is 12.6. The molecule has 4 rings (SSSR count). The van der Waals surface area contributed by atoms with E-state index in [9.17, 15) is 4.79 Å². The molecule has 25 heavy (non-hydrogen) atoms. The summed E-state index contributed by atoms with van der Waals surface area (Å²) in [7, 11) is 0. The van der Waals surface area contributed by atoms with Crippen LogP contribution in [0.25, 0.3) is 0 Å². The molecule has 1 aromatic carbocycles. The van der Waals surface area contributed by atoms with E-state index < -0.39 is 0 Å². The molecule has 0 N–H and O–H groups in total. The highest BCUT2D eigenvalue weighted by atomic mass is 35.5. The zero-order valence-corrected chi connectivity index (χ0v) is 14.7. The fourth-order valence-electron chi connectivity index (χ4n) is 3.42. The summed E-state index contributed by atoms with van der Waals surface area (Å²) in [5.41, 5.74) is 3.22. The van der Waals surface area contributed by atoms with Crippen LogP contribution < -0.4 is 4.74 Å². The molecule has 2 aromatic rings. The molecule has 1 saturated heterocycles. The van der Waals surface area contributed by atoms with E-state index in [1.54, 1.807) is 18.3 Å². The minimum atomic E-state index is 0.0265. The van der Waals surface area contributed by atoms with Crippen molar-refractivity contribution in [3.05, 3.63) is 58.4 Å². The summed E-state index contributed by atoms with van der Waals surface area (Å²) in [6.45, 7) is 4.91. The molecule has 0 bridgehead atoms. The number of carbonyl (C=O) groups excluding carboxylic acids is 1. The number of halogens is 1. The zero-order chi connectivity index (χ0) is 17.2. The largest absolute Gasteiger partial charge is 0.493 e. The topological polar surface area (TPSA) is 45.7 Å². The number of ether oxygens (including phenoxy) is 1. The van der Waals surface area contributed by atoms with E-state index in [2.05, 4.69) is 28.1 Å². The van der Waals surface area contributed by atoms with E-state index in [-0.39, 0.29) is 5.91 Å². The highest BCUT2D eigenvalue weighted by molar-refractivity contribution is 6.29. The Bertz CT molecular complexity index is 788. The smallest absolute Gasteiger partial charge is 0.254 e. The van der Waals surface area contributed by atoms with Gasteiger partial charge in [-0.25, -0.2) is 4.98 Å². The van der Waals surface area contributed by atoms with Gasteiger partial charge in [-0.1, -0.05) is 23.7 Å². The molecular formula is C19H20ClN3O2. The minimum Gasteiger partial charge on any atom is -0.493 e. The van der Waals surface area contributed by atoms with Crippen molar-refractivity contribution in [2.45, 2.75) is 13.0 Å². The van der Waals surface area contributed by atoms with Crippen molar-refractivity contribution in [2.24, 2.45) is 0 Å². The van der Waals surface area contributed by atoms with Crippen molar-refractivity contribution in [3.8, 4) is 5.75 Å². The molecule has 130 valence electrons. The first-order valence-corrected chi connectivity index (χ1v) is 8.94. The average molecular weight is 358 g/mol. The van der Waals surface area contributed by atoms with Crippen LogP contribution in [0.2, 0.25) is 5.15 Å². The molecule has 2 aliphatic rings. The number of aromatic nitrogens is 1. The molecule has 0 atom stereocenters. The fourth-order valence-corrected chi connectivity index (χ4v) is 3.60. The van der Waals surface area contributed by atoms with Crippen molar-refractivity contribution >= 4 is 17.5 Å². The summed E-state index contributed by atoms with van der Waals surface area (Å²) in [5.74, 6) is 1.05. The number of hydrogen-bond donors (Lipinski definition) is 0. The molecule has 1 fully saturated rings. The number of nitrogens with zero attached hydrogens (tertiary/aromatic N) is 3. The Balaban J connectivity index is 1.34. The van der Waals surface area contributed by atoms with Gasteiger partial charge in [0.25, 0.3) is 5.91 Å². The van der Waals surface area contributed by atoms with Crippen molar-refractivity contribution in [1.82, 2.24) is 14.8 Å². The van der Waals surface area contributed by atoms with Gasteiger partial charge in [0.05, 0.1) is 6.61 Å². The Kier molecular flexibility index (Phi) is 4.59. The van der Waals surface area contributed by atoms with E-state index >= 15 is 0 Å². The predicted molar refractivity (Wildman–Crippen MR) is 96.1 cm³/mol. The first kappa shape index (κ1) is 16.4. The number of piperazine rings is 1. The van der Waals surface area contributed by atoms with Gasteiger partial charge in [-0.15, -0.1) is 0 Å². The molecule has 1 aromatic heterocycles. The second kappa shape index (κ2) is 7.02. The number of benzene rings is 1. The molecule has 0 unspecified atom stereocenters. The van der Waals surface area contributed by atoms with Crippen molar-refractivity contribution in [1.29, 1.82) is 0 Å². The van der Waals surface area contributed by atoms with Crippen LogP contribution in [0.15, 0.2) is 36.5 Å². The zero-order valence-electron chi connectivity index (χ0n) is 13.9. The monoisotopic (exact) mass is 357 g/mol. The number of fused-ring (bicyclic) bond motifs is 1. The normalized spacial score (nSPS) is 17.2. The predicted octanol–water partition coefficient (Wildman–Crippen LogP) is 2.63. The van der Waals surface area contributed by atoms with Crippen LogP contribution in [0, 0.1) is 0 Å². The first-order valence-electron chi connectivity index (χ1n) is 8.57. The van der Waals surface area contributed by atoms with E-state index in [1.807, 2.05) is 4.90 Å². The van der Waals surface area contributed by atoms with Gasteiger partial charge in [0.1, 0.15) is 10.9 Å². The lowest BCUT2D eigenvalue weighted by Crippen LogP contribution is -2.48. The summed E-state index contributed by atoms with van der Waals surface area (Å²) in [5, 5.41) is 0.352. The van der Waals surface area contributed by atoms with Gasteiger partial charge in [-0.05, 0) is 29.3 Å². The molecule has 5 nitrogen and oxygen atoms in total. The molecule has 3 heterocycles. The maximum Gasteiger partial charge on any atom is 0.254 e. The molecule has 0 aliphatic carbocycles. The molecule has 2 aliphatic heterocycles. The van der Waals surface area contributed by atoms with Gasteiger partial charge >= 0.3 is 0 Å². The van der Waals surface area contributed by atoms with Crippen LogP contribution in [-0.2, 0) is 13.0 Å². The minimum absolute atomic E-state index is 0.0265. The molecule has 0 spiro atoms. The number of amides is 1. The second-order valence-electron chi connectivity index (χ2n) is 6.48. The summed E-state index contributed by atoms with van der Waals surface area (Å²) >= 11 is 5.88. The summed E-state index contributed by atoms with van der Waals surface area (Å²) in [4.78, 5) is 20.8. The highest BCUT2D eigenvalue weighted by Gasteiger charge is 2.23. The Morgan fingerprint density at radius 3 is 2.80 bits per heavy atom. The average Bonchev–Trinajstić information content (AvgIpc) is 3.09. The standard InChI is InChI=1S/C19H20ClN3O2/c20-18-12-16(3-5-21-18)19(24)23-8-6-22(7-9-23)13-14-1-2-17-15(11-14)4-10-25-17/h1-3,5,11-12H,4,6-10,13H2. The third-order valence-corrected chi connectivity index (χ3v) is 5.00. The van der Waals surface area contributed by atoms with Crippen LogP contribution in [0.4, 0.5) is 0 Å². The Hall–Kier alpha value is -2.11. The van der Waals surface area contributed by atoms with Crippen LogP contribution in [0.5, 0.6) is 5.75 Å². The SMILES string of the molecule is O=C(c1ccnc(Cl)c1)N1CCN(Cc2ccc3c(c2)CCO3)CC1. The van der Waals surface area contributed by atoms with Crippen molar-refractivity contribution < 1.29 is 9.53 Å². The Labute approximate surface area is 152 Å². The Morgan fingerprint density at radius 1 is 1.16 bits per heavy atom. The molecule has 6 heteroatoms. The van der Waals surface area contributed by atoms with Crippen LogP contribution in [-0.4, -0.2) is 53.5 Å². The number of hydrogen-bond acceptors (Lipinski definition) is 4. The molecule has 1 amide bonds. The van der Waals surface area contributed by atoms with Crippen molar-refractivity contribution in [2.75, 3.05) is 32.8 Å². The molecular weight excluding hydrogens is 338 g/mol. The van der Waals surface area contributed by atoms with Gasteiger partial charge in [0.15, 0.2) is 0 Å². The first-order chi connectivity index (χ1) is 12.2. The lowest BCUT2D eigenvalue weighted by Gasteiger charge is -2.34. The van der Waals surface area contributed by atoms with Crippen LogP contribution >= 0.6 is 11.6 Å². The number of carbonyl (C=O) groups is 1. The Morgan fingerprint density at radius 2 is 2.00 bits per heavy atom. The fraction of sp³-hybridized carbons (Fsp3) is 0.368. The van der Waals surface area contributed by atoms with Crippen molar-refractivity contribution in [3.63, 3.8) is 0 Å². The number of rotatable bonds is 3. The summed E-state index contributed by atoms with van der Waals surface area (Å²) in [6.07, 6.45) is 2.57. The summed E-state index contributed by atoms with van der Waals surface area (Å²) in [6, 6.07) is 9.81. The van der Waals surface area contributed by atoms with Crippen LogP contribution in [0.3, 0.4) is 0 Å². The van der Waals surface area contributed by atoms with E-state index in [0.717, 1.165) is 51.5 Å².